The molecular weight excluding hydrogens is 1170 g/mol. The monoisotopic (exact) mass is 1300 g/mol. The van der Waals surface area contributed by atoms with Crippen molar-refractivity contribution >= 4 is 5.91 Å². The van der Waals surface area contributed by atoms with Crippen LogP contribution >= 0.6 is 0 Å². The second kappa shape index (κ2) is 53.8. The maximum atomic E-state index is 13.3. The number of rotatable bonds is 56. The molecule has 17 unspecified atom stereocenters. The highest BCUT2D eigenvalue weighted by Gasteiger charge is 2.53. The minimum absolute atomic E-state index is 0.243. The van der Waals surface area contributed by atoms with Gasteiger partial charge < -0.3 is 89.9 Å². The van der Waals surface area contributed by atoms with Gasteiger partial charge in [0.05, 0.1) is 38.6 Å². The van der Waals surface area contributed by atoms with E-state index >= 15 is 0 Å². The molecule has 1 amide bonds. The summed E-state index contributed by atoms with van der Waals surface area (Å²) in [5.41, 5.74) is 0. The predicted octanol–water partition coefficient (Wildman–Crippen LogP) is 10.2. The largest absolute Gasteiger partial charge is 0.394 e. The van der Waals surface area contributed by atoms with E-state index in [1.165, 1.54) is 154 Å². The van der Waals surface area contributed by atoms with Crippen molar-refractivity contribution in [2.24, 2.45) is 0 Å². The number of unbranched alkanes of at least 4 members (excludes halogenated alkanes) is 32. The first-order valence-electron chi connectivity index (χ1n) is 36.4. The van der Waals surface area contributed by atoms with Gasteiger partial charge in [-0.25, -0.2) is 0 Å². The molecule has 3 rings (SSSR count). The third kappa shape index (κ3) is 35.5. The molecule has 0 bridgehead atoms. The third-order valence-corrected chi connectivity index (χ3v) is 18.2. The van der Waals surface area contributed by atoms with Crippen LogP contribution in [0.4, 0.5) is 0 Å². The molecule has 0 radical (unpaired) electrons. The molecule has 0 spiro atoms. The lowest BCUT2D eigenvalue weighted by molar-refractivity contribution is -0.379. The van der Waals surface area contributed by atoms with Crippen molar-refractivity contribution in [2.45, 2.75) is 375 Å². The highest BCUT2D eigenvalue weighted by Crippen LogP contribution is 2.33. The van der Waals surface area contributed by atoms with Gasteiger partial charge in [-0.1, -0.05) is 262 Å². The third-order valence-electron chi connectivity index (χ3n) is 18.2. The summed E-state index contributed by atoms with van der Waals surface area (Å²) in [6.07, 6.45) is 38.6. The van der Waals surface area contributed by atoms with Crippen LogP contribution in [0.15, 0.2) is 48.6 Å². The van der Waals surface area contributed by atoms with Gasteiger partial charge in [0, 0.05) is 6.42 Å². The minimum Gasteiger partial charge on any atom is -0.394 e. The Morgan fingerprint density at radius 1 is 0.407 bits per heavy atom. The number of nitrogens with one attached hydrogen (secondary N) is 1. The van der Waals surface area contributed by atoms with Crippen LogP contribution in [0.1, 0.15) is 271 Å². The smallest absolute Gasteiger partial charge is 0.220 e. The Labute approximate surface area is 548 Å². The van der Waals surface area contributed by atoms with Crippen LogP contribution in [0, 0.1) is 0 Å². The molecule has 12 N–H and O–H groups in total. The molecule has 91 heavy (non-hydrogen) atoms. The average Bonchev–Trinajstić information content (AvgIpc) is 1.40. The van der Waals surface area contributed by atoms with Gasteiger partial charge in [-0.15, -0.1) is 0 Å². The van der Waals surface area contributed by atoms with Gasteiger partial charge in [-0.05, 0) is 51.4 Å². The van der Waals surface area contributed by atoms with Crippen molar-refractivity contribution < 1.29 is 89.4 Å². The Bertz CT molecular complexity index is 1840. The molecule has 0 aromatic rings. The van der Waals surface area contributed by atoms with Crippen LogP contribution < -0.4 is 5.32 Å². The standard InChI is InChI=1S/C72H131NO18/c1-3-5-7-9-11-12-13-14-15-16-17-18-19-20-21-22-23-24-25-26-27-28-29-30-31-32-33-34-35-36-37-38-39-40-41-42-44-46-48-50-60(78)73-55(56(77)49-47-45-43-10-8-6-4-2)54-86-70-66(84)63(81)68(58(52-75)88-70)91-72-67(85)64(82)69(59(53-76)89-72)90-71-65(83)62(80)61(79)57(51-74)87-71/h5,7,11-12,14-15,17-18,55-59,61-72,74-77,79-85H,3-4,6,8-10,13,16,19-54H2,1-2H3,(H,73,78)/b7-5-,12-11-,15-14-,18-17-. The molecule has 3 aliphatic rings. The highest BCUT2D eigenvalue weighted by molar-refractivity contribution is 5.76. The van der Waals surface area contributed by atoms with Crippen LogP contribution in [0.3, 0.4) is 0 Å². The molecule has 0 saturated carbocycles. The summed E-state index contributed by atoms with van der Waals surface area (Å²) in [5, 5.41) is 120. The van der Waals surface area contributed by atoms with Crippen molar-refractivity contribution in [1.82, 2.24) is 5.32 Å². The fourth-order valence-electron chi connectivity index (χ4n) is 12.3. The summed E-state index contributed by atoms with van der Waals surface area (Å²) < 4.78 is 34.3. The number of ether oxygens (including phenoxy) is 6. The Kier molecular flexibility index (Phi) is 49.1. The molecule has 532 valence electrons. The van der Waals surface area contributed by atoms with E-state index in [2.05, 4.69) is 67.8 Å². The average molecular weight is 1300 g/mol. The first-order valence-corrected chi connectivity index (χ1v) is 36.4. The van der Waals surface area contributed by atoms with E-state index in [1.54, 1.807) is 0 Å². The van der Waals surface area contributed by atoms with Gasteiger partial charge in [-0.3, -0.25) is 4.79 Å². The second-order valence-electron chi connectivity index (χ2n) is 26.0. The molecule has 0 aromatic carbocycles. The Morgan fingerprint density at radius 2 is 0.758 bits per heavy atom. The number of amides is 1. The number of allylic oxidation sites excluding steroid dienone is 8. The van der Waals surface area contributed by atoms with Gasteiger partial charge in [0.25, 0.3) is 0 Å². The van der Waals surface area contributed by atoms with Crippen molar-refractivity contribution in [3.63, 3.8) is 0 Å². The number of hydrogen-bond acceptors (Lipinski definition) is 18. The topological polar surface area (TPSA) is 307 Å². The number of carbonyl (C=O) groups is 1. The molecule has 0 aromatic heterocycles. The molecule has 0 aliphatic carbocycles. The van der Waals surface area contributed by atoms with Crippen molar-refractivity contribution in [2.75, 3.05) is 26.4 Å². The number of hydrogen-bond donors (Lipinski definition) is 12. The van der Waals surface area contributed by atoms with Gasteiger partial charge in [-0.2, -0.15) is 0 Å². The zero-order valence-corrected chi connectivity index (χ0v) is 56.3. The normalized spacial score (nSPS) is 28.1. The van der Waals surface area contributed by atoms with Crippen LogP contribution in [0.5, 0.6) is 0 Å². The predicted molar refractivity (Wildman–Crippen MR) is 356 cm³/mol. The van der Waals surface area contributed by atoms with Crippen LogP contribution in [0.2, 0.25) is 0 Å². The lowest BCUT2D eigenvalue weighted by atomic mass is 9.96. The second-order valence-corrected chi connectivity index (χ2v) is 26.0. The summed E-state index contributed by atoms with van der Waals surface area (Å²) in [7, 11) is 0. The summed E-state index contributed by atoms with van der Waals surface area (Å²) in [6.45, 7) is 1.63. The number of carbonyl (C=O) groups excluding carboxylic acids is 1. The molecule has 3 saturated heterocycles. The van der Waals surface area contributed by atoms with Crippen molar-refractivity contribution in [1.29, 1.82) is 0 Å². The molecule has 3 aliphatic heterocycles. The quantitative estimate of drug-likeness (QED) is 0.0199. The molecule has 3 fully saturated rings. The lowest BCUT2D eigenvalue weighted by Crippen LogP contribution is -2.66. The molecule has 17 atom stereocenters. The first kappa shape index (κ1) is 83.0. The van der Waals surface area contributed by atoms with E-state index in [4.69, 9.17) is 28.4 Å². The van der Waals surface area contributed by atoms with E-state index in [0.29, 0.717) is 12.8 Å². The van der Waals surface area contributed by atoms with E-state index in [0.717, 1.165) is 83.5 Å². The molecular formula is C72H131NO18. The maximum absolute atomic E-state index is 13.3. The first-order chi connectivity index (χ1) is 44.3. The van der Waals surface area contributed by atoms with Crippen LogP contribution in [0.25, 0.3) is 0 Å². The lowest BCUT2D eigenvalue weighted by Gasteiger charge is -2.48. The van der Waals surface area contributed by atoms with Gasteiger partial charge in [0.15, 0.2) is 18.9 Å². The van der Waals surface area contributed by atoms with Crippen LogP contribution in [-0.2, 0) is 33.2 Å². The zero-order chi connectivity index (χ0) is 66.1. The minimum atomic E-state index is -1.97. The Hall–Kier alpha value is -2.25. The highest BCUT2D eigenvalue weighted by atomic mass is 16.8. The van der Waals surface area contributed by atoms with Crippen LogP contribution in [-0.4, -0.2) is 193 Å². The summed E-state index contributed by atoms with van der Waals surface area (Å²) in [5.74, 6) is -0.243. The van der Waals surface area contributed by atoms with Crippen molar-refractivity contribution in [3.8, 4) is 0 Å². The fourth-order valence-corrected chi connectivity index (χ4v) is 12.3. The molecule has 3 heterocycles. The van der Waals surface area contributed by atoms with Crippen molar-refractivity contribution in [3.05, 3.63) is 48.6 Å². The Morgan fingerprint density at radius 3 is 1.19 bits per heavy atom. The molecule has 19 nitrogen and oxygen atoms in total. The SMILES string of the molecule is CC/C=C\C/C=C\C/C=C\C/C=C\CCCCCCCCCCCCCCCCCCCCCCCCCCCCC(=O)NC(COC1OC(CO)C(OC2OC(CO)C(OC3OC(CO)C(O)C(O)C3O)C(O)C2O)C(O)C1O)C(O)CCCCCCCCC. The summed E-state index contributed by atoms with van der Waals surface area (Å²) in [4.78, 5) is 13.3. The van der Waals surface area contributed by atoms with Gasteiger partial charge >= 0.3 is 0 Å². The fraction of sp³-hybridized carbons (Fsp3) is 0.875. The van der Waals surface area contributed by atoms with Gasteiger partial charge in [0.1, 0.15) is 73.2 Å². The number of aliphatic hydroxyl groups is 11. The van der Waals surface area contributed by atoms with E-state index in [-0.39, 0.29) is 18.9 Å². The summed E-state index contributed by atoms with van der Waals surface area (Å²) in [6, 6.07) is -0.882. The van der Waals surface area contributed by atoms with E-state index < -0.39 is 124 Å². The molecule has 19 heteroatoms. The zero-order valence-electron chi connectivity index (χ0n) is 56.3. The van der Waals surface area contributed by atoms with E-state index in [1.807, 2.05) is 0 Å². The maximum Gasteiger partial charge on any atom is 0.220 e. The number of aliphatic hydroxyl groups excluding tert-OH is 11. The summed E-state index contributed by atoms with van der Waals surface area (Å²) >= 11 is 0. The van der Waals surface area contributed by atoms with Gasteiger partial charge in [0.2, 0.25) is 5.91 Å². The van der Waals surface area contributed by atoms with E-state index in [9.17, 15) is 61.0 Å². The Balaban J connectivity index is 1.23.